The van der Waals surface area contributed by atoms with Crippen LogP contribution in [0.15, 0.2) is 431 Å². The third kappa shape index (κ3) is 11.5. The minimum absolute atomic E-state index is 0.330. The SMILES string of the molecule is CC1(c2ccccc2)c2ccccc2-c2c(-c3ccc(-c4nc(-c5ccccc5)nc(-c5cccc6c(-c7cccc(-c8ccc(C9(c%10ccccc%10)c%10ccccc%10-c%10c(-c%11ccc(-c%12nc(-c%13ccccc%13)nc(-c%13cccc%14c(-c%15ccccc%15)cccc%13%14)n%12)c%12ccccc%11%12)cccc%109)cc8)c7)cccc56)n4)c4ccccc34)cccc21. The fraction of sp³-hybridized carbons (Fsp3) is 0.0261. The Bertz CT molecular complexity index is 7700. The van der Waals surface area contributed by atoms with E-state index in [1.807, 2.05) is 36.4 Å². The quantitative estimate of drug-likeness (QED) is 0.108. The first-order chi connectivity index (χ1) is 59.9. The van der Waals surface area contributed by atoms with Gasteiger partial charge in [-0.1, -0.05) is 413 Å². The molecule has 0 fully saturated rings. The van der Waals surface area contributed by atoms with E-state index in [0.717, 1.165) is 127 Å². The Balaban J connectivity index is 0.603. The molecule has 0 amide bonds. The summed E-state index contributed by atoms with van der Waals surface area (Å²) in [4.78, 5) is 32.4. The van der Waals surface area contributed by atoms with Crippen molar-refractivity contribution in [1.82, 2.24) is 29.9 Å². The van der Waals surface area contributed by atoms with Crippen molar-refractivity contribution >= 4 is 43.1 Å². The first kappa shape index (κ1) is 70.6. The van der Waals surface area contributed by atoms with Crippen molar-refractivity contribution < 1.29 is 0 Å². The molecule has 2 heterocycles. The first-order valence-corrected chi connectivity index (χ1v) is 41.5. The lowest BCUT2D eigenvalue weighted by molar-refractivity contribution is 0.714. The number of aromatic nitrogens is 6. The Morgan fingerprint density at radius 1 is 0.157 bits per heavy atom. The number of rotatable bonds is 14. The smallest absolute Gasteiger partial charge is 0.164 e. The van der Waals surface area contributed by atoms with Gasteiger partial charge in [0, 0.05) is 38.8 Å². The second kappa shape index (κ2) is 28.9. The average molecular weight is 1540 g/mol. The molecule has 21 aromatic rings. The summed E-state index contributed by atoms with van der Waals surface area (Å²) in [5.74, 6) is 3.66. The molecule has 2 unspecified atom stereocenters. The molecule has 0 spiro atoms. The van der Waals surface area contributed by atoms with Crippen LogP contribution in [0.5, 0.6) is 0 Å². The lowest BCUT2D eigenvalue weighted by Crippen LogP contribution is -2.28. The van der Waals surface area contributed by atoms with Crippen LogP contribution < -0.4 is 0 Å². The van der Waals surface area contributed by atoms with Crippen LogP contribution in [0.4, 0.5) is 0 Å². The number of hydrogen-bond donors (Lipinski definition) is 0. The van der Waals surface area contributed by atoms with Gasteiger partial charge in [-0.25, -0.2) is 29.9 Å². The molecule has 2 atom stereocenters. The first-order valence-electron chi connectivity index (χ1n) is 41.5. The van der Waals surface area contributed by atoms with Crippen LogP contribution in [0, 0.1) is 0 Å². The number of benzene rings is 19. The van der Waals surface area contributed by atoms with Crippen LogP contribution >= 0.6 is 0 Å². The maximum absolute atomic E-state index is 5.53. The van der Waals surface area contributed by atoms with Crippen LogP contribution in [-0.2, 0) is 10.8 Å². The van der Waals surface area contributed by atoms with Crippen molar-refractivity contribution in [2.75, 3.05) is 0 Å². The van der Waals surface area contributed by atoms with Crippen molar-refractivity contribution in [1.29, 1.82) is 0 Å². The van der Waals surface area contributed by atoms with Crippen LogP contribution in [-0.4, -0.2) is 29.9 Å². The molecule has 2 aliphatic carbocycles. The highest BCUT2D eigenvalue weighted by atomic mass is 15.0. The van der Waals surface area contributed by atoms with Crippen molar-refractivity contribution in [3.05, 3.63) is 470 Å². The van der Waals surface area contributed by atoms with Crippen molar-refractivity contribution in [3.63, 3.8) is 0 Å². The molecule has 6 heteroatoms. The zero-order valence-electron chi connectivity index (χ0n) is 66.2. The van der Waals surface area contributed by atoms with E-state index in [1.165, 1.54) is 66.8 Å². The standard InChI is InChI=1S/C115H74N6/c1-114(79-40-13-5-14-41-79)102-60-23-21-48-100(102)106-94(56-30-62-104(106)114)92-68-70-98(88-46-19-17-44-86(88)92)112-119-109(76-36-11-4-12-37-76)117-111(121-112)97-59-29-53-85-83(51-27-55-91(85)97)78-39-25-38-77(72-78)73-64-66-81(67-65-73)115(80-42-15-6-16-43-80)103-61-24-22-49-101(103)107-95(57-31-63-105(107)115)93-69-71-99(89-47-20-18-45-87(89)93)113-118-108(75-34-9-3-10-35-75)116-110(120-113)96-58-28-52-84-82(50-26-54-90(84)96)74-32-7-2-8-33-74/h2-72H,1H3. The molecule has 0 N–H and O–H groups in total. The predicted molar refractivity (Wildman–Crippen MR) is 498 cm³/mol. The van der Waals surface area contributed by atoms with Crippen molar-refractivity contribution in [2.45, 2.75) is 17.8 Å². The molecule has 0 radical (unpaired) electrons. The summed E-state index contributed by atoms with van der Waals surface area (Å²) in [6.07, 6.45) is 0. The lowest BCUT2D eigenvalue weighted by Gasteiger charge is -2.34. The Morgan fingerprint density at radius 2 is 0.446 bits per heavy atom. The summed E-state index contributed by atoms with van der Waals surface area (Å²) >= 11 is 0. The van der Waals surface area contributed by atoms with Gasteiger partial charge >= 0.3 is 0 Å². The van der Waals surface area contributed by atoms with Gasteiger partial charge in [-0.2, -0.15) is 0 Å². The molecular weight excluding hydrogens is 1470 g/mol. The Hall–Kier alpha value is -15.8. The van der Waals surface area contributed by atoms with Crippen LogP contribution in [0.2, 0.25) is 0 Å². The highest BCUT2D eigenvalue weighted by Gasteiger charge is 2.47. The summed E-state index contributed by atoms with van der Waals surface area (Å²) in [6.45, 7) is 2.38. The molecular formula is C115H74N6. The minimum Gasteiger partial charge on any atom is -0.208 e. The van der Waals surface area contributed by atoms with Crippen molar-refractivity contribution in [3.8, 4) is 146 Å². The molecule has 2 aliphatic rings. The molecule has 564 valence electrons. The third-order valence-corrected chi connectivity index (χ3v) is 25.4. The van der Waals surface area contributed by atoms with E-state index in [4.69, 9.17) is 29.9 Å². The Labute approximate surface area is 701 Å². The van der Waals surface area contributed by atoms with Crippen LogP contribution in [0.1, 0.15) is 45.9 Å². The molecule has 23 rings (SSSR count). The molecule has 2 aromatic heterocycles. The van der Waals surface area contributed by atoms with Gasteiger partial charge < -0.3 is 0 Å². The number of nitrogens with zero attached hydrogens (tertiary/aromatic N) is 6. The summed E-state index contributed by atoms with van der Waals surface area (Å²) in [5, 5.41) is 8.70. The molecule has 6 nitrogen and oxygen atoms in total. The van der Waals surface area contributed by atoms with Gasteiger partial charge in [0.05, 0.1) is 5.41 Å². The fourth-order valence-corrected chi connectivity index (χ4v) is 19.9. The van der Waals surface area contributed by atoms with Gasteiger partial charge in [0.15, 0.2) is 34.9 Å². The Morgan fingerprint density at radius 3 is 0.950 bits per heavy atom. The lowest BCUT2D eigenvalue weighted by atomic mass is 9.67. The minimum atomic E-state index is -0.679. The number of hydrogen-bond acceptors (Lipinski definition) is 6. The van der Waals surface area contributed by atoms with E-state index >= 15 is 0 Å². The second-order valence-corrected chi connectivity index (χ2v) is 31.8. The summed E-state index contributed by atoms with van der Waals surface area (Å²) in [6, 6.07) is 156. The van der Waals surface area contributed by atoms with E-state index in [9.17, 15) is 0 Å². The molecule has 0 bridgehead atoms. The fourth-order valence-electron chi connectivity index (χ4n) is 19.9. The maximum Gasteiger partial charge on any atom is 0.164 e. The highest BCUT2D eigenvalue weighted by Crippen LogP contribution is 2.60. The molecule has 19 aromatic carbocycles. The van der Waals surface area contributed by atoms with Gasteiger partial charge in [-0.15, -0.1) is 0 Å². The maximum atomic E-state index is 5.53. The summed E-state index contributed by atoms with van der Waals surface area (Å²) in [5.41, 5.74) is 29.7. The monoisotopic (exact) mass is 1540 g/mol. The van der Waals surface area contributed by atoms with E-state index in [2.05, 4.69) is 401 Å². The van der Waals surface area contributed by atoms with Gasteiger partial charge in [0.25, 0.3) is 0 Å². The van der Waals surface area contributed by atoms with Gasteiger partial charge in [-0.3, -0.25) is 0 Å². The van der Waals surface area contributed by atoms with E-state index in [1.54, 1.807) is 0 Å². The molecule has 121 heavy (non-hydrogen) atoms. The van der Waals surface area contributed by atoms with E-state index < -0.39 is 5.41 Å². The zero-order valence-corrected chi connectivity index (χ0v) is 66.2. The molecule has 0 saturated heterocycles. The van der Waals surface area contributed by atoms with E-state index in [0.29, 0.717) is 34.9 Å². The van der Waals surface area contributed by atoms with Gasteiger partial charge in [0.2, 0.25) is 0 Å². The molecule has 0 aliphatic heterocycles. The molecule has 0 saturated carbocycles. The van der Waals surface area contributed by atoms with Crippen LogP contribution in [0.25, 0.3) is 189 Å². The highest BCUT2D eigenvalue weighted by molar-refractivity contribution is 6.12. The summed E-state index contributed by atoms with van der Waals surface area (Å²) in [7, 11) is 0. The van der Waals surface area contributed by atoms with Crippen molar-refractivity contribution in [2.24, 2.45) is 0 Å². The van der Waals surface area contributed by atoms with Gasteiger partial charge in [0.1, 0.15) is 0 Å². The summed E-state index contributed by atoms with van der Waals surface area (Å²) < 4.78 is 0. The topological polar surface area (TPSA) is 77.3 Å². The number of fused-ring (bicyclic) bond motifs is 10. The average Bonchev–Trinajstić information content (AvgIpc) is 1.54. The van der Waals surface area contributed by atoms with Crippen LogP contribution in [0.3, 0.4) is 0 Å². The zero-order chi connectivity index (χ0) is 80.1. The second-order valence-electron chi connectivity index (χ2n) is 31.8. The van der Waals surface area contributed by atoms with Gasteiger partial charge in [-0.05, 0) is 185 Å². The predicted octanol–water partition coefficient (Wildman–Crippen LogP) is 28.7. The largest absolute Gasteiger partial charge is 0.208 e. The Kier molecular flexibility index (Phi) is 16.8. The normalized spacial score (nSPS) is 14.4. The third-order valence-electron chi connectivity index (χ3n) is 25.4. The van der Waals surface area contributed by atoms with E-state index in [-0.39, 0.29) is 5.41 Å².